The Morgan fingerprint density at radius 1 is 1.22 bits per heavy atom. The number of amides is 1. The van der Waals surface area contributed by atoms with Gasteiger partial charge in [0, 0.05) is 31.6 Å². The Labute approximate surface area is 138 Å². The molecule has 0 bridgehead atoms. The molecule has 1 amide bonds. The van der Waals surface area contributed by atoms with Crippen LogP contribution in [0.15, 0.2) is 0 Å². The van der Waals surface area contributed by atoms with Crippen molar-refractivity contribution in [3.05, 3.63) is 17.0 Å². The van der Waals surface area contributed by atoms with E-state index in [1.54, 1.807) is 0 Å². The van der Waals surface area contributed by atoms with Gasteiger partial charge in [0.15, 0.2) is 0 Å². The fourth-order valence-corrected chi connectivity index (χ4v) is 2.65. The van der Waals surface area contributed by atoms with Crippen molar-refractivity contribution in [2.24, 2.45) is 13.0 Å². The molecule has 0 radical (unpaired) electrons. The Kier molecular flexibility index (Phi) is 7.78. The number of aliphatic carboxylic acids is 1. The van der Waals surface area contributed by atoms with Crippen molar-refractivity contribution in [1.29, 1.82) is 0 Å². The minimum Gasteiger partial charge on any atom is -0.481 e. The van der Waals surface area contributed by atoms with Gasteiger partial charge in [-0.1, -0.05) is 19.8 Å². The lowest BCUT2D eigenvalue weighted by atomic mass is 9.99. The molecule has 1 unspecified atom stereocenters. The molecule has 1 aromatic rings. The lowest BCUT2D eigenvalue weighted by molar-refractivity contribution is -0.137. The summed E-state index contributed by atoms with van der Waals surface area (Å²) in [6, 6.07) is 0. The van der Waals surface area contributed by atoms with Crippen molar-refractivity contribution < 1.29 is 14.7 Å². The third kappa shape index (κ3) is 6.42. The van der Waals surface area contributed by atoms with Crippen molar-refractivity contribution in [3.63, 3.8) is 0 Å². The molecule has 0 aliphatic rings. The number of aryl methyl sites for hydroxylation is 2. The molecule has 6 nitrogen and oxygen atoms in total. The Balaban J connectivity index is 2.25. The minimum absolute atomic E-state index is 0.0678. The average molecular weight is 323 g/mol. The predicted molar refractivity (Wildman–Crippen MR) is 89.3 cm³/mol. The predicted octanol–water partition coefficient (Wildman–Crippen LogP) is 2.37. The van der Waals surface area contributed by atoms with Crippen LogP contribution in [-0.2, 0) is 23.1 Å². The molecule has 1 rings (SSSR count). The zero-order valence-corrected chi connectivity index (χ0v) is 14.7. The van der Waals surface area contributed by atoms with Crippen LogP contribution in [0.25, 0.3) is 0 Å². The van der Waals surface area contributed by atoms with E-state index in [1.807, 2.05) is 32.5 Å². The molecular weight excluding hydrogens is 294 g/mol. The first-order valence-electron chi connectivity index (χ1n) is 8.31. The van der Waals surface area contributed by atoms with Gasteiger partial charge in [0.25, 0.3) is 0 Å². The van der Waals surface area contributed by atoms with Gasteiger partial charge < -0.3 is 10.4 Å². The van der Waals surface area contributed by atoms with E-state index in [0.717, 1.165) is 36.2 Å². The molecule has 0 fully saturated rings. The lowest BCUT2D eigenvalue weighted by Crippen LogP contribution is -2.31. The van der Waals surface area contributed by atoms with Crippen molar-refractivity contribution in [2.75, 3.05) is 6.54 Å². The number of unbranched alkanes of at least 4 members (excludes halogenated alkanes) is 3. The quantitative estimate of drug-likeness (QED) is 0.647. The van der Waals surface area contributed by atoms with Gasteiger partial charge >= 0.3 is 5.97 Å². The second-order valence-corrected chi connectivity index (χ2v) is 6.23. The molecule has 1 aromatic heterocycles. The van der Waals surface area contributed by atoms with Crippen LogP contribution in [0, 0.1) is 19.8 Å². The van der Waals surface area contributed by atoms with Crippen molar-refractivity contribution in [2.45, 2.75) is 59.3 Å². The van der Waals surface area contributed by atoms with E-state index >= 15 is 0 Å². The van der Waals surface area contributed by atoms with E-state index in [9.17, 15) is 9.59 Å². The number of hydrogen-bond acceptors (Lipinski definition) is 3. The van der Waals surface area contributed by atoms with Gasteiger partial charge in [-0.15, -0.1) is 0 Å². The largest absolute Gasteiger partial charge is 0.481 e. The zero-order valence-electron chi connectivity index (χ0n) is 14.7. The molecule has 23 heavy (non-hydrogen) atoms. The monoisotopic (exact) mass is 323 g/mol. The Morgan fingerprint density at radius 3 is 2.43 bits per heavy atom. The second kappa shape index (κ2) is 9.33. The normalized spacial score (nSPS) is 12.2. The summed E-state index contributed by atoms with van der Waals surface area (Å²) in [4.78, 5) is 22.5. The molecule has 2 N–H and O–H groups in total. The summed E-state index contributed by atoms with van der Waals surface area (Å²) in [5.41, 5.74) is 3.26. The van der Waals surface area contributed by atoms with Gasteiger partial charge in [-0.3, -0.25) is 14.3 Å². The van der Waals surface area contributed by atoms with E-state index in [1.165, 1.54) is 0 Å². The number of rotatable bonds is 10. The summed E-state index contributed by atoms with van der Waals surface area (Å²) < 4.78 is 1.85. The topological polar surface area (TPSA) is 84.2 Å². The fraction of sp³-hybridized carbons (Fsp3) is 0.706. The third-order valence-corrected chi connectivity index (χ3v) is 4.23. The molecule has 0 saturated heterocycles. The molecule has 0 aliphatic heterocycles. The summed E-state index contributed by atoms with van der Waals surface area (Å²) >= 11 is 0. The fourth-order valence-electron chi connectivity index (χ4n) is 2.65. The molecule has 0 aliphatic carbocycles. The highest BCUT2D eigenvalue weighted by atomic mass is 16.4. The molecule has 1 atom stereocenters. The van der Waals surface area contributed by atoms with Crippen LogP contribution in [0.1, 0.15) is 56.0 Å². The van der Waals surface area contributed by atoms with Crippen molar-refractivity contribution in [3.8, 4) is 0 Å². The van der Waals surface area contributed by atoms with E-state index in [0.29, 0.717) is 19.4 Å². The first-order valence-corrected chi connectivity index (χ1v) is 8.31. The maximum Gasteiger partial charge on any atom is 0.303 e. The van der Waals surface area contributed by atoms with Crippen LogP contribution >= 0.6 is 0 Å². The highest BCUT2D eigenvalue weighted by Gasteiger charge is 2.18. The molecule has 6 heteroatoms. The molecule has 130 valence electrons. The van der Waals surface area contributed by atoms with Gasteiger partial charge in [0.2, 0.25) is 5.91 Å². The third-order valence-electron chi connectivity index (χ3n) is 4.23. The van der Waals surface area contributed by atoms with Gasteiger partial charge in [0.05, 0.1) is 5.69 Å². The summed E-state index contributed by atoms with van der Waals surface area (Å²) in [7, 11) is 1.92. The Hall–Kier alpha value is -1.85. The van der Waals surface area contributed by atoms with E-state index < -0.39 is 5.97 Å². The standard InChI is InChI=1S/C17H29N3O3/c1-12(11-15-13(2)19-20(4)14(15)3)17(23)18-10-8-6-5-7-9-16(21)22/h12H,5-11H2,1-4H3,(H,18,23)(H,21,22). The number of nitrogens with one attached hydrogen (secondary N) is 1. The van der Waals surface area contributed by atoms with Gasteiger partial charge in [-0.25, -0.2) is 0 Å². The summed E-state index contributed by atoms with van der Waals surface area (Å²) in [5, 5.41) is 15.9. The van der Waals surface area contributed by atoms with Crippen LogP contribution in [-0.4, -0.2) is 33.3 Å². The maximum absolute atomic E-state index is 12.1. The van der Waals surface area contributed by atoms with Gasteiger partial charge in [-0.2, -0.15) is 5.10 Å². The SMILES string of the molecule is Cc1nn(C)c(C)c1CC(C)C(=O)NCCCCCCC(=O)O. The average Bonchev–Trinajstić information content (AvgIpc) is 2.72. The van der Waals surface area contributed by atoms with E-state index in [4.69, 9.17) is 5.11 Å². The lowest BCUT2D eigenvalue weighted by Gasteiger charge is -2.12. The number of carboxylic acid groups (broad SMARTS) is 1. The van der Waals surface area contributed by atoms with Crippen LogP contribution in [0.4, 0.5) is 0 Å². The van der Waals surface area contributed by atoms with E-state index in [-0.39, 0.29) is 18.2 Å². The van der Waals surface area contributed by atoms with Gasteiger partial charge in [0.1, 0.15) is 0 Å². The molecular formula is C17H29N3O3. The molecule has 0 saturated carbocycles. The van der Waals surface area contributed by atoms with Gasteiger partial charge in [-0.05, 0) is 38.7 Å². The number of nitrogens with zero attached hydrogens (tertiary/aromatic N) is 2. The smallest absolute Gasteiger partial charge is 0.303 e. The highest BCUT2D eigenvalue weighted by Crippen LogP contribution is 2.17. The number of carbonyl (C=O) groups excluding carboxylic acids is 1. The van der Waals surface area contributed by atoms with Crippen molar-refractivity contribution >= 4 is 11.9 Å². The number of hydrogen-bond donors (Lipinski definition) is 2. The first kappa shape index (κ1) is 19.2. The summed E-state index contributed by atoms with van der Waals surface area (Å²) in [6.07, 6.45) is 4.37. The number of carbonyl (C=O) groups is 2. The van der Waals surface area contributed by atoms with Crippen molar-refractivity contribution in [1.82, 2.24) is 15.1 Å². The highest BCUT2D eigenvalue weighted by molar-refractivity contribution is 5.78. The zero-order chi connectivity index (χ0) is 17.4. The molecule has 0 spiro atoms. The maximum atomic E-state index is 12.1. The molecule has 0 aromatic carbocycles. The first-order chi connectivity index (χ1) is 10.8. The van der Waals surface area contributed by atoms with Crippen LogP contribution in [0.2, 0.25) is 0 Å². The molecule has 1 heterocycles. The Morgan fingerprint density at radius 2 is 1.87 bits per heavy atom. The summed E-state index contributed by atoms with van der Waals surface area (Å²) in [6.45, 7) is 6.59. The number of carboxylic acids is 1. The van der Waals surface area contributed by atoms with Crippen LogP contribution in [0.5, 0.6) is 0 Å². The Bertz CT molecular complexity index is 537. The number of aromatic nitrogens is 2. The van der Waals surface area contributed by atoms with Crippen LogP contribution in [0.3, 0.4) is 0 Å². The van der Waals surface area contributed by atoms with Crippen LogP contribution < -0.4 is 5.32 Å². The second-order valence-electron chi connectivity index (χ2n) is 6.23. The minimum atomic E-state index is -0.742. The summed E-state index contributed by atoms with van der Waals surface area (Å²) in [5.74, 6) is -0.755. The van der Waals surface area contributed by atoms with E-state index in [2.05, 4.69) is 10.4 Å².